The summed E-state index contributed by atoms with van der Waals surface area (Å²) in [5, 5.41) is 21.8. The molecule has 1 unspecified atom stereocenters. The van der Waals surface area contributed by atoms with E-state index in [4.69, 9.17) is 5.11 Å². The minimum absolute atomic E-state index is 0.192. The normalized spacial score (nSPS) is 12.3. The molecule has 0 radical (unpaired) electrons. The summed E-state index contributed by atoms with van der Waals surface area (Å²) < 4.78 is 26.2. The maximum Gasteiger partial charge on any atom is 0.187 e. The molecular weight excluding hydrogens is 264 g/mol. The number of phenolic OH excluding ortho intramolecular Hbond substituents is 1. The second kappa shape index (κ2) is 6.45. The molecule has 0 aromatic heterocycles. The Balaban J connectivity index is 1.90. The van der Waals surface area contributed by atoms with Gasteiger partial charge in [-0.1, -0.05) is 30.3 Å². The monoisotopic (exact) mass is 279 g/mol. The largest absolute Gasteiger partial charge is 0.503 e. The van der Waals surface area contributed by atoms with Crippen LogP contribution in [0.4, 0.5) is 8.78 Å². The van der Waals surface area contributed by atoms with Crippen LogP contribution in [0, 0.1) is 11.6 Å². The van der Waals surface area contributed by atoms with Crippen molar-refractivity contribution in [3.8, 4) is 5.75 Å². The second-order valence-electron chi connectivity index (χ2n) is 4.47. The number of aromatic hydroxyl groups is 1. The van der Waals surface area contributed by atoms with Crippen LogP contribution in [0.5, 0.6) is 5.75 Å². The second-order valence-corrected chi connectivity index (χ2v) is 4.47. The van der Waals surface area contributed by atoms with Crippen molar-refractivity contribution in [3.05, 3.63) is 65.2 Å². The zero-order chi connectivity index (χ0) is 14.5. The van der Waals surface area contributed by atoms with E-state index >= 15 is 0 Å². The maximum absolute atomic E-state index is 13.1. The van der Waals surface area contributed by atoms with Gasteiger partial charge in [-0.15, -0.1) is 0 Å². The third-order valence-corrected chi connectivity index (χ3v) is 2.93. The number of nitrogens with one attached hydrogen (secondary N) is 1. The average molecular weight is 279 g/mol. The Bertz CT molecular complexity index is 552. The van der Waals surface area contributed by atoms with Gasteiger partial charge in [0.15, 0.2) is 17.4 Å². The molecule has 2 aromatic rings. The summed E-state index contributed by atoms with van der Waals surface area (Å²) >= 11 is 0. The van der Waals surface area contributed by atoms with Crippen molar-refractivity contribution in [2.75, 3.05) is 6.54 Å². The predicted octanol–water partition coefficient (Wildman–Crippen LogP) is 2.49. The van der Waals surface area contributed by atoms with Crippen LogP contribution in [0.1, 0.15) is 17.2 Å². The number of hydrogen-bond donors (Lipinski definition) is 3. The highest BCUT2D eigenvalue weighted by Gasteiger charge is 2.10. The summed E-state index contributed by atoms with van der Waals surface area (Å²) in [4.78, 5) is 0. The van der Waals surface area contributed by atoms with Crippen LogP contribution in [0.15, 0.2) is 42.5 Å². The number of benzene rings is 2. The van der Waals surface area contributed by atoms with Crippen LogP contribution in [0.2, 0.25) is 0 Å². The van der Waals surface area contributed by atoms with Gasteiger partial charge in [0.25, 0.3) is 0 Å². The Hall–Kier alpha value is -1.98. The lowest BCUT2D eigenvalue weighted by atomic mass is 10.1. The van der Waals surface area contributed by atoms with E-state index < -0.39 is 23.5 Å². The van der Waals surface area contributed by atoms with E-state index in [1.54, 1.807) is 12.1 Å². The van der Waals surface area contributed by atoms with E-state index in [0.29, 0.717) is 5.56 Å². The van der Waals surface area contributed by atoms with Gasteiger partial charge in [-0.2, -0.15) is 0 Å². The van der Waals surface area contributed by atoms with Crippen LogP contribution in [-0.4, -0.2) is 16.8 Å². The van der Waals surface area contributed by atoms with Gasteiger partial charge < -0.3 is 15.5 Å². The Kier molecular flexibility index (Phi) is 4.65. The first-order valence-electron chi connectivity index (χ1n) is 6.18. The van der Waals surface area contributed by atoms with E-state index in [1.165, 1.54) is 0 Å². The van der Waals surface area contributed by atoms with Crippen molar-refractivity contribution < 1.29 is 19.0 Å². The van der Waals surface area contributed by atoms with Gasteiger partial charge >= 0.3 is 0 Å². The standard InChI is InChI=1S/C15H15F2NO2/c16-12-6-10(7-13(17)15(12)20)8-18-9-14(19)11-4-2-1-3-5-11/h1-7,14,18-20H,8-9H2. The number of hydrogen-bond acceptors (Lipinski definition) is 3. The quantitative estimate of drug-likeness (QED) is 0.788. The average Bonchev–Trinajstić information content (AvgIpc) is 2.45. The van der Waals surface area contributed by atoms with E-state index in [0.717, 1.165) is 17.7 Å². The lowest BCUT2D eigenvalue weighted by molar-refractivity contribution is 0.174. The summed E-state index contributed by atoms with van der Waals surface area (Å²) in [6, 6.07) is 11.2. The Morgan fingerprint density at radius 3 is 2.25 bits per heavy atom. The Morgan fingerprint density at radius 2 is 1.65 bits per heavy atom. The van der Waals surface area contributed by atoms with E-state index in [9.17, 15) is 13.9 Å². The highest BCUT2D eigenvalue weighted by Crippen LogP contribution is 2.21. The minimum atomic E-state index is -0.995. The number of rotatable bonds is 5. The van der Waals surface area contributed by atoms with Crippen molar-refractivity contribution in [1.29, 1.82) is 0 Å². The summed E-state index contributed by atoms with van der Waals surface area (Å²) in [5.41, 5.74) is 1.13. The van der Waals surface area contributed by atoms with Crippen LogP contribution >= 0.6 is 0 Å². The molecule has 3 nitrogen and oxygen atoms in total. The molecule has 0 amide bonds. The van der Waals surface area contributed by atoms with Crippen molar-refractivity contribution in [3.63, 3.8) is 0 Å². The zero-order valence-electron chi connectivity index (χ0n) is 10.7. The number of aliphatic hydroxyl groups excluding tert-OH is 1. The molecule has 0 saturated heterocycles. The molecule has 0 aliphatic heterocycles. The highest BCUT2D eigenvalue weighted by atomic mass is 19.1. The van der Waals surface area contributed by atoms with Gasteiger partial charge in [-0.25, -0.2) is 8.78 Å². The fraction of sp³-hybridized carbons (Fsp3) is 0.200. The molecule has 0 heterocycles. The van der Waals surface area contributed by atoms with Crippen LogP contribution in [-0.2, 0) is 6.54 Å². The third-order valence-electron chi connectivity index (χ3n) is 2.93. The first kappa shape index (κ1) is 14.4. The lowest BCUT2D eigenvalue weighted by Gasteiger charge is -2.12. The van der Waals surface area contributed by atoms with Crippen molar-refractivity contribution in [1.82, 2.24) is 5.32 Å². The summed E-state index contributed by atoms with van der Waals surface area (Å²) in [5.74, 6) is -2.96. The molecule has 0 spiro atoms. The first-order valence-corrected chi connectivity index (χ1v) is 6.18. The molecule has 2 aromatic carbocycles. The van der Waals surface area contributed by atoms with Gasteiger partial charge in [0.1, 0.15) is 0 Å². The third kappa shape index (κ3) is 3.53. The molecule has 1 atom stereocenters. The molecule has 0 fully saturated rings. The van der Waals surface area contributed by atoms with Crippen molar-refractivity contribution >= 4 is 0 Å². The number of phenols is 1. The van der Waals surface area contributed by atoms with Gasteiger partial charge in [-0.05, 0) is 23.3 Å². The van der Waals surface area contributed by atoms with Crippen LogP contribution < -0.4 is 5.32 Å². The van der Waals surface area contributed by atoms with Crippen LogP contribution in [0.3, 0.4) is 0 Å². The molecule has 3 N–H and O–H groups in total. The van der Waals surface area contributed by atoms with Crippen molar-refractivity contribution in [2.24, 2.45) is 0 Å². The first-order chi connectivity index (χ1) is 9.58. The Morgan fingerprint density at radius 1 is 1.05 bits per heavy atom. The van der Waals surface area contributed by atoms with E-state index in [2.05, 4.69) is 5.32 Å². The number of aliphatic hydroxyl groups is 1. The molecule has 0 saturated carbocycles. The van der Waals surface area contributed by atoms with Crippen molar-refractivity contribution in [2.45, 2.75) is 12.6 Å². The minimum Gasteiger partial charge on any atom is -0.503 e. The van der Waals surface area contributed by atoms with E-state index in [1.807, 2.05) is 18.2 Å². The maximum atomic E-state index is 13.1. The molecule has 0 aliphatic carbocycles. The zero-order valence-corrected chi connectivity index (χ0v) is 10.7. The molecule has 5 heteroatoms. The van der Waals surface area contributed by atoms with Gasteiger partial charge in [-0.3, -0.25) is 0 Å². The van der Waals surface area contributed by atoms with Gasteiger partial charge in [0.05, 0.1) is 6.10 Å². The smallest absolute Gasteiger partial charge is 0.187 e. The van der Waals surface area contributed by atoms with Gasteiger partial charge in [0, 0.05) is 13.1 Å². The topological polar surface area (TPSA) is 52.5 Å². The SMILES string of the molecule is Oc1c(F)cc(CNCC(O)c2ccccc2)cc1F. The summed E-state index contributed by atoms with van der Waals surface area (Å²) in [7, 11) is 0. The summed E-state index contributed by atoms with van der Waals surface area (Å²) in [6.45, 7) is 0.451. The number of halogens is 2. The molecule has 20 heavy (non-hydrogen) atoms. The summed E-state index contributed by atoms with van der Waals surface area (Å²) in [6.07, 6.45) is -0.692. The molecule has 0 bridgehead atoms. The Labute approximate surface area is 115 Å². The predicted molar refractivity (Wildman–Crippen MR) is 71.1 cm³/mol. The molecule has 2 rings (SSSR count). The van der Waals surface area contributed by atoms with E-state index in [-0.39, 0.29) is 13.1 Å². The highest BCUT2D eigenvalue weighted by molar-refractivity contribution is 5.30. The fourth-order valence-corrected chi connectivity index (χ4v) is 1.87. The molecule has 106 valence electrons. The fourth-order valence-electron chi connectivity index (χ4n) is 1.87. The van der Waals surface area contributed by atoms with Gasteiger partial charge in [0.2, 0.25) is 0 Å². The molecular formula is C15H15F2NO2. The lowest BCUT2D eigenvalue weighted by Crippen LogP contribution is -2.21. The van der Waals surface area contributed by atoms with Crippen LogP contribution in [0.25, 0.3) is 0 Å². The molecule has 0 aliphatic rings.